The first kappa shape index (κ1) is 113. The normalized spacial score (nSPS) is 11.6. The number of methoxy groups -OCH3 is 7. The van der Waals surface area contributed by atoms with Crippen LogP contribution in [0.15, 0.2) is 98.3 Å². The van der Waals surface area contributed by atoms with Gasteiger partial charge in [0.25, 0.3) is 11.5 Å². The Bertz CT molecular complexity index is 6080. The van der Waals surface area contributed by atoms with E-state index in [2.05, 4.69) is 194 Å². The fourth-order valence-electron chi connectivity index (χ4n) is 9.67. The molecule has 14 rings (SSSR count). The van der Waals surface area contributed by atoms with Gasteiger partial charge in [0, 0.05) is 106 Å². The first-order chi connectivity index (χ1) is 61.4. The molecule has 0 saturated carbocycles. The lowest BCUT2D eigenvalue weighted by molar-refractivity contribution is -0.116. The summed E-state index contributed by atoms with van der Waals surface area (Å²) in [4.78, 5) is 95.9. The highest BCUT2D eigenvalue weighted by molar-refractivity contribution is 9.10. The van der Waals surface area contributed by atoms with Gasteiger partial charge >= 0.3 is 27.3 Å². The molecule has 1 unspecified atom stereocenters. The average molecular weight is 2170 g/mol. The number of alkyl halides is 1. The van der Waals surface area contributed by atoms with Gasteiger partial charge in [0.1, 0.15) is 33.7 Å². The summed E-state index contributed by atoms with van der Waals surface area (Å²) < 4.78 is 86.7. The van der Waals surface area contributed by atoms with Gasteiger partial charge in [-0.05, 0) is 104 Å². The van der Waals surface area contributed by atoms with Crippen molar-refractivity contribution in [1.29, 1.82) is 0 Å². The topological polar surface area (TPSA) is 697 Å². The molecule has 0 radical (unpaired) electrons. The predicted molar refractivity (Wildman–Crippen MR) is 498 cm³/mol. The fourth-order valence-corrected chi connectivity index (χ4v) is 11.4. The Morgan fingerprint density at radius 1 is 0.585 bits per heavy atom. The maximum atomic E-state index is 12.6. The number of fused-ring (bicyclic) bond motifs is 5. The van der Waals surface area contributed by atoms with Crippen molar-refractivity contribution in [3.8, 4) is 0 Å². The lowest BCUT2D eigenvalue weighted by Crippen LogP contribution is -2.21. The monoisotopic (exact) mass is 2160 g/mol. The minimum absolute atomic E-state index is 0.0655. The van der Waals surface area contributed by atoms with Crippen LogP contribution in [0.4, 0.5) is 56.5 Å². The minimum atomic E-state index is -4.67. The fraction of sp³-hybridized carbons (Fsp3) is 0.333. The van der Waals surface area contributed by atoms with Gasteiger partial charge in [-0.2, -0.15) is 54.1 Å². The molecular weight excluding hydrogens is 2080 g/mol. The summed E-state index contributed by atoms with van der Waals surface area (Å²) in [7, 11) is 6.66. The zero-order valence-corrected chi connectivity index (χ0v) is 80.4. The number of H-pyrrole nitrogens is 3. The zero-order valence-electron chi connectivity index (χ0n) is 69.4. The smallest absolute Gasteiger partial charge is 0.393 e. The Hall–Kier alpha value is -11.1. The number of primary amides is 3. The van der Waals surface area contributed by atoms with Crippen LogP contribution in [0.2, 0.25) is 15.7 Å². The maximum Gasteiger partial charge on any atom is 0.394 e. The summed E-state index contributed by atoms with van der Waals surface area (Å²) in [5.74, 6) is -0.0181. The highest BCUT2D eigenvalue weighted by Gasteiger charge is 2.36. The molecule has 2 aliphatic heterocycles. The molecule has 0 saturated heterocycles. The number of benzene rings is 2. The van der Waals surface area contributed by atoms with E-state index in [0.29, 0.717) is 158 Å². The summed E-state index contributed by atoms with van der Waals surface area (Å²) in [5, 5.41) is 35.9. The third-order valence-electron chi connectivity index (χ3n) is 15.2. The lowest BCUT2D eigenvalue weighted by Gasteiger charge is -2.09. The molecule has 2 aliphatic rings. The van der Waals surface area contributed by atoms with Crippen LogP contribution >= 0.6 is 122 Å². The molecule has 12 aromatic rings. The average Bonchev–Trinajstić information content (AvgIpc) is 1.60. The Morgan fingerprint density at radius 2 is 1.04 bits per heavy atom. The summed E-state index contributed by atoms with van der Waals surface area (Å²) in [5.41, 5.74) is 41.1. The molecule has 130 heavy (non-hydrogen) atoms. The second-order valence-electron chi connectivity index (χ2n) is 24.4. The second-order valence-corrected chi connectivity index (χ2v) is 35.6. The number of rotatable bonds is 22. The number of halogens is 9. The molecule has 61 heteroatoms. The van der Waals surface area contributed by atoms with Crippen LogP contribution in [0.5, 0.6) is 0 Å². The number of aromatic nitrogens is 20. The number of hydrogen-bond acceptors (Lipinski definition) is 31. The Kier molecular flexibility index (Phi) is 50.9. The number of carbonyl (C=O) groups is 4. The Morgan fingerprint density at radius 3 is 1.49 bits per heavy atom. The van der Waals surface area contributed by atoms with E-state index in [1.165, 1.54) is 23.3 Å². The number of urea groups is 1. The van der Waals surface area contributed by atoms with E-state index in [9.17, 15) is 28.5 Å². The number of aromatic amines is 3. The minimum Gasteiger partial charge on any atom is -0.393 e. The summed E-state index contributed by atoms with van der Waals surface area (Å²) in [6, 6.07) is 10.6. The number of nitrogens with zero attached hydrogens (tertiary/aromatic N) is 20. The van der Waals surface area contributed by atoms with Crippen LogP contribution in [0.3, 0.4) is 0 Å². The largest absolute Gasteiger partial charge is 0.394 e. The number of amides is 5. The second kappa shape index (κ2) is 58.5. The van der Waals surface area contributed by atoms with Gasteiger partial charge in [0.15, 0.2) is 28.6 Å². The summed E-state index contributed by atoms with van der Waals surface area (Å²) in [6.07, 6.45) is 11.6. The van der Waals surface area contributed by atoms with Crippen LogP contribution in [-0.4, -0.2) is 241 Å². The van der Waals surface area contributed by atoms with Gasteiger partial charge in [-0.1, -0.05) is 59.4 Å². The van der Waals surface area contributed by atoms with E-state index in [-0.39, 0.29) is 39.6 Å². The van der Waals surface area contributed by atoms with Crippen molar-refractivity contribution in [3.05, 3.63) is 182 Å². The Labute approximate surface area is 793 Å². The first-order valence-electron chi connectivity index (χ1n) is 35.9. The third-order valence-corrected chi connectivity index (χ3v) is 17.1. The molecule has 12 heterocycles. The maximum absolute atomic E-state index is 12.6. The number of carbonyl (C=O) groups excluding carboxylic acids is 4. The molecule has 5 amide bonds. The number of hydrogen-bond donors (Lipinski definition) is 14. The van der Waals surface area contributed by atoms with E-state index < -0.39 is 44.7 Å². The van der Waals surface area contributed by atoms with Crippen molar-refractivity contribution in [3.63, 3.8) is 0 Å². The van der Waals surface area contributed by atoms with Crippen molar-refractivity contribution >= 4 is 240 Å². The molecule has 10 aromatic heterocycles. The predicted octanol–water partition coefficient (Wildman–Crippen LogP) is 9.04. The lowest BCUT2D eigenvalue weighted by atomic mass is 9.95. The number of nitrogens with one attached hydrogen (secondary N) is 5. The molecule has 704 valence electrons. The van der Waals surface area contributed by atoms with Crippen molar-refractivity contribution in [2.75, 3.05) is 135 Å². The molecule has 0 spiro atoms. The molecule has 50 nitrogen and oxygen atoms in total. The van der Waals surface area contributed by atoms with E-state index in [1.54, 1.807) is 91.8 Å². The van der Waals surface area contributed by atoms with Gasteiger partial charge < -0.3 is 83.9 Å². The molecule has 2 aromatic carbocycles. The molecule has 0 aliphatic carbocycles. The van der Waals surface area contributed by atoms with Gasteiger partial charge in [0.05, 0.1) is 141 Å². The van der Waals surface area contributed by atoms with Gasteiger partial charge in [-0.3, -0.25) is 76.0 Å². The van der Waals surface area contributed by atoms with Crippen molar-refractivity contribution in [1.82, 2.24) is 98.8 Å². The molecule has 0 fully saturated rings. The first-order valence-corrected chi connectivity index (χ1v) is 45.6. The van der Waals surface area contributed by atoms with E-state index in [0.717, 1.165) is 43.4 Å². The SMILES string of the molecule is COCCBr.COCCn1cc(C(N)=O)c(N)n1.COCCn1cc2c(=O)[nH]c(=O)[nH]c2n1.COCCn1cc2c(C3C(=O)Nc4ccc(Br)cc43)nc(Cl)nc2n1.COCCn1cc2c(Cl)nc(Cl)nc2n1.NC(N)=O.O=C1Cc2cc(Br)ccc2N1.O=P(Cl)(Cl)Cl.O=S(=O)(O)O.[C-]#[N+]c1cn(CCOC)nc1N.[C-]#[N+]c1cn[nH]c1N.[C-]#[N+]c1cnn(CCOC)c1N. The van der Waals surface area contributed by atoms with Gasteiger partial charge in [-0.15, -0.1) is 0 Å². The summed E-state index contributed by atoms with van der Waals surface area (Å²) >= 11 is 41.5. The van der Waals surface area contributed by atoms with Crippen molar-refractivity contribution < 1.29 is 74.4 Å². The molecule has 1 atom stereocenters. The standard InChI is InChI=1S/C16H13BrClN5O2.C8H6BrNO.C8H8Cl2N4O.C8H10N4O3.C7H12N4O2.2C7H10N4O.C4H4N4.C3H7BrO.CH4N2O.Cl3OP.H2O4S/c1-25-5-4-23-7-10-13(20-16(18)21-14(10)22-23)12-9-6-8(17)2-3-11(9)19-15(12)24;9-6-1-2-7-5(3-6)4-8(11)10-7;1-15-3-2-14-4-5-6(9)11-8(10)12-7(5)13-14;1-15-3-2-12-4-5-6(11-12)9-8(14)10-7(5)13;1-13-3-2-11-4-5(7(9)12)6(8)10-11;1-9-6-5-11(3-4-12-2)10-7(6)8;1-9-6-5-10-11(7(6)8)3-4-12-2;1-6-3-2-7-8-4(3)5;1-5-3-2-4;2-1(3)4;2*1-5(2,3)4/h2-3,6-7,12H,4-5H2,1H3,(H,19,24);1-3H,4H2,(H,10,11);4H,2-3H2,1H3;4H,2-3H2,1H3,(H2,9,10,11,13,14);4H,2-3H2,1H3,(H2,8,10)(H2,9,12);5H,3-4H2,2H3,(H2,8,10);5H,3-4,8H2,2H3;2H,(H3,5,7,8);2-3H2,1H3;(H4,2,3,4);;(H2,1,2,3,4). The third kappa shape index (κ3) is 41.8. The highest BCUT2D eigenvalue weighted by atomic mass is 79.9. The number of nitrogens with two attached hydrogens (primary N) is 7. The molecular formula is C69H86Br3Cl6N32O18PS. The van der Waals surface area contributed by atoms with E-state index in [1.807, 2.05) is 42.6 Å². The van der Waals surface area contributed by atoms with Crippen LogP contribution < -0.4 is 62.0 Å². The number of nitrogen functional groups attached to an aromatic ring is 4. The van der Waals surface area contributed by atoms with Gasteiger partial charge in [-0.25, -0.2) is 34.1 Å². The quantitative estimate of drug-likeness (QED) is 0.00751. The number of ether oxygens (including phenoxy) is 7. The summed E-state index contributed by atoms with van der Waals surface area (Å²) in [6.45, 7) is 27.5. The number of anilines is 6. The van der Waals surface area contributed by atoms with E-state index in [4.69, 9.17) is 134 Å². The zero-order chi connectivity index (χ0) is 97.5. The van der Waals surface area contributed by atoms with E-state index >= 15 is 0 Å². The van der Waals surface area contributed by atoms with Crippen LogP contribution in [0.25, 0.3) is 47.6 Å². The molecule has 21 N–H and O–H groups in total. The van der Waals surface area contributed by atoms with Crippen LogP contribution in [-0.2, 0) is 103 Å². The van der Waals surface area contributed by atoms with Crippen molar-refractivity contribution in [2.45, 2.75) is 51.6 Å². The van der Waals surface area contributed by atoms with Crippen LogP contribution in [0.1, 0.15) is 33.1 Å². The van der Waals surface area contributed by atoms with Gasteiger partial charge in [0.2, 0.25) is 39.4 Å². The molecule has 0 bridgehead atoms. The highest BCUT2D eigenvalue weighted by Crippen LogP contribution is 2.61. The van der Waals surface area contributed by atoms with Crippen molar-refractivity contribution in [2.24, 2.45) is 17.2 Å². The Balaban J connectivity index is 0.000000378. The van der Waals surface area contributed by atoms with Crippen LogP contribution in [0, 0.1) is 19.7 Å².